The third-order valence-corrected chi connectivity index (χ3v) is 4.25. The second-order valence-corrected chi connectivity index (χ2v) is 6.34. The van der Waals surface area contributed by atoms with Gasteiger partial charge in [-0.25, -0.2) is 17.9 Å². The second-order valence-electron chi connectivity index (χ2n) is 4.53. The Bertz CT molecular complexity index is 735. The Balaban J connectivity index is 2.00. The Morgan fingerprint density at radius 3 is 2.48 bits per heavy atom. The van der Waals surface area contributed by atoms with Crippen LogP contribution in [-0.4, -0.2) is 29.3 Å². The number of aromatic nitrogens is 2. The van der Waals surface area contributed by atoms with Gasteiger partial charge < -0.3 is 5.11 Å². The summed E-state index contributed by atoms with van der Waals surface area (Å²) in [5.74, 6) is -1.25. The maximum atomic E-state index is 12.0. The van der Waals surface area contributed by atoms with E-state index in [4.69, 9.17) is 5.11 Å². The van der Waals surface area contributed by atoms with E-state index in [2.05, 4.69) is 9.82 Å². The highest BCUT2D eigenvalue weighted by Gasteiger charge is 2.13. The number of benzene rings is 1. The van der Waals surface area contributed by atoms with Crippen LogP contribution in [0.1, 0.15) is 21.6 Å². The van der Waals surface area contributed by atoms with E-state index in [0.717, 1.165) is 5.69 Å². The minimum atomic E-state index is -3.50. The molecule has 0 atom stereocenters. The van der Waals surface area contributed by atoms with E-state index in [-0.39, 0.29) is 17.9 Å². The minimum absolute atomic E-state index is 0.124. The van der Waals surface area contributed by atoms with Crippen LogP contribution in [0.5, 0.6) is 0 Å². The van der Waals surface area contributed by atoms with E-state index < -0.39 is 16.0 Å². The summed E-state index contributed by atoms with van der Waals surface area (Å²) in [5.41, 5.74) is 1.40. The van der Waals surface area contributed by atoms with Crippen molar-refractivity contribution in [2.24, 2.45) is 7.05 Å². The number of hydrogen-bond acceptors (Lipinski definition) is 4. The van der Waals surface area contributed by atoms with E-state index in [1.807, 2.05) is 0 Å². The summed E-state index contributed by atoms with van der Waals surface area (Å²) in [4.78, 5) is 10.7. The molecule has 2 rings (SSSR count). The van der Waals surface area contributed by atoms with Gasteiger partial charge in [-0.05, 0) is 23.8 Å². The summed E-state index contributed by atoms with van der Waals surface area (Å²) in [5, 5.41) is 12.7. The lowest BCUT2D eigenvalue weighted by molar-refractivity contribution is 0.0697. The third kappa shape index (κ3) is 4.14. The maximum absolute atomic E-state index is 12.0. The fourth-order valence-corrected chi connectivity index (χ4v) is 2.87. The van der Waals surface area contributed by atoms with Gasteiger partial charge in [-0.15, -0.1) is 0 Å². The third-order valence-electron chi connectivity index (χ3n) is 2.95. The van der Waals surface area contributed by atoms with Crippen LogP contribution in [0, 0.1) is 0 Å². The van der Waals surface area contributed by atoms with Crippen molar-refractivity contribution in [3.8, 4) is 0 Å². The van der Waals surface area contributed by atoms with Gasteiger partial charge in [-0.2, -0.15) is 5.10 Å². The van der Waals surface area contributed by atoms with Gasteiger partial charge in [0.1, 0.15) is 0 Å². The van der Waals surface area contributed by atoms with E-state index in [1.54, 1.807) is 24.0 Å². The molecule has 0 aliphatic heterocycles. The molecule has 112 valence electrons. The highest BCUT2D eigenvalue weighted by atomic mass is 32.2. The van der Waals surface area contributed by atoms with Crippen molar-refractivity contribution < 1.29 is 18.3 Å². The van der Waals surface area contributed by atoms with Gasteiger partial charge >= 0.3 is 5.97 Å². The summed E-state index contributed by atoms with van der Waals surface area (Å²) in [7, 11) is -1.77. The highest BCUT2D eigenvalue weighted by molar-refractivity contribution is 7.88. The monoisotopic (exact) mass is 309 g/mol. The molecule has 7 nitrogen and oxygen atoms in total. The van der Waals surface area contributed by atoms with E-state index in [1.165, 1.54) is 24.3 Å². The predicted octanol–water partition coefficient (Wildman–Crippen LogP) is 0.738. The van der Waals surface area contributed by atoms with Crippen molar-refractivity contribution in [3.63, 3.8) is 0 Å². The number of nitrogens with one attached hydrogen (secondary N) is 1. The summed E-state index contributed by atoms with van der Waals surface area (Å²) in [6.45, 7) is 0.159. The molecule has 0 spiro atoms. The van der Waals surface area contributed by atoms with Crippen molar-refractivity contribution >= 4 is 16.0 Å². The van der Waals surface area contributed by atoms with Crippen molar-refractivity contribution in [2.45, 2.75) is 12.3 Å². The highest BCUT2D eigenvalue weighted by Crippen LogP contribution is 2.08. The summed E-state index contributed by atoms with van der Waals surface area (Å²) in [6.07, 6.45) is 1.59. The number of hydrogen-bond donors (Lipinski definition) is 2. The zero-order chi connectivity index (χ0) is 15.5. The van der Waals surface area contributed by atoms with Crippen LogP contribution < -0.4 is 4.72 Å². The van der Waals surface area contributed by atoms with Gasteiger partial charge in [0.2, 0.25) is 10.0 Å². The number of nitrogens with zero attached hydrogens (tertiary/aromatic N) is 2. The molecule has 21 heavy (non-hydrogen) atoms. The van der Waals surface area contributed by atoms with Crippen LogP contribution in [-0.2, 0) is 29.4 Å². The van der Waals surface area contributed by atoms with Gasteiger partial charge in [0, 0.05) is 13.2 Å². The molecular weight excluding hydrogens is 294 g/mol. The summed E-state index contributed by atoms with van der Waals surface area (Å²) in [6, 6.07) is 7.48. The Hall–Kier alpha value is -2.19. The normalized spacial score (nSPS) is 11.5. The van der Waals surface area contributed by atoms with Crippen LogP contribution in [0.15, 0.2) is 36.5 Å². The number of aromatic carboxylic acids is 1. The number of carboxylic acids is 1. The molecule has 0 unspecified atom stereocenters. The van der Waals surface area contributed by atoms with Crippen molar-refractivity contribution in [1.82, 2.24) is 14.5 Å². The van der Waals surface area contributed by atoms with Crippen LogP contribution in [0.2, 0.25) is 0 Å². The first-order valence-electron chi connectivity index (χ1n) is 6.14. The molecule has 1 aromatic heterocycles. The number of sulfonamides is 1. The van der Waals surface area contributed by atoms with Gasteiger partial charge in [0.15, 0.2) is 0 Å². The van der Waals surface area contributed by atoms with E-state index in [9.17, 15) is 13.2 Å². The molecule has 0 fully saturated rings. The lowest BCUT2D eigenvalue weighted by Crippen LogP contribution is -2.25. The van der Waals surface area contributed by atoms with Gasteiger partial charge in [-0.1, -0.05) is 12.1 Å². The quantitative estimate of drug-likeness (QED) is 0.819. The average Bonchev–Trinajstić information content (AvgIpc) is 2.82. The smallest absolute Gasteiger partial charge is 0.335 e. The number of aryl methyl sites for hydroxylation is 1. The Morgan fingerprint density at radius 1 is 1.29 bits per heavy atom. The first-order valence-corrected chi connectivity index (χ1v) is 7.79. The first-order chi connectivity index (χ1) is 9.87. The Kier molecular flexibility index (Phi) is 4.39. The first kappa shape index (κ1) is 15.2. The molecule has 2 N–H and O–H groups in total. The number of carbonyl (C=O) groups is 1. The topological polar surface area (TPSA) is 101 Å². The van der Waals surface area contributed by atoms with Crippen LogP contribution in [0.4, 0.5) is 0 Å². The molecule has 0 bridgehead atoms. The molecule has 0 saturated carbocycles. The minimum Gasteiger partial charge on any atom is -0.478 e. The summed E-state index contributed by atoms with van der Waals surface area (Å²) < 4.78 is 28.0. The van der Waals surface area contributed by atoms with Crippen molar-refractivity contribution in [3.05, 3.63) is 53.3 Å². The lowest BCUT2D eigenvalue weighted by atomic mass is 10.1. The van der Waals surface area contributed by atoms with E-state index >= 15 is 0 Å². The second kappa shape index (κ2) is 6.06. The van der Waals surface area contributed by atoms with E-state index in [0.29, 0.717) is 5.56 Å². The summed E-state index contributed by atoms with van der Waals surface area (Å²) >= 11 is 0. The van der Waals surface area contributed by atoms with Gasteiger partial charge in [0.25, 0.3) is 0 Å². The Morgan fingerprint density at radius 2 is 1.95 bits per heavy atom. The molecule has 1 aromatic carbocycles. The van der Waals surface area contributed by atoms with Gasteiger partial charge in [-0.3, -0.25) is 4.68 Å². The molecule has 2 aromatic rings. The number of carboxylic acid groups (broad SMARTS) is 1. The molecular formula is C13H15N3O4S. The zero-order valence-corrected chi connectivity index (χ0v) is 12.2. The molecule has 8 heteroatoms. The van der Waals surface area contributed by atoms with Crippen LogP contribution in [0.3, 0.4) is 0 Å². The standard InChI is InChI=1S/C13H15N3O4S/c1-16-12(6-7-14-16)8-15-21(19,20)9-10-2-4-11(5-3-10)13(17)18/h2-7,15H,8-9H2,1H3,(H,17,18). The average molecular weight is 309 g/mol. The molecule has 0 radical (unpaired) electrons. The molecule has 0 aliphatic rings. The fourth-order valence-electron chi connectivity index (χ4n) is 1.77. The lowest BCUT2D eigenvalue weighted by Gasteiger charge is -2.07. The Labute approximate surface area is 122 Å². The van der Waals surface area contributed by atoms with Gasteiger partial charge in [0.05, 0.1) is 23.6 Å². The molecule has 1 heterocycles. The molecule has 0 aliphatic carbocycles. The SMILES string of the molecule is Cn1nccc1CNS(=O)(=O)Cc1ccc(C(=O)O)cc1. The van der Waals surface area contributed by atoms with Crippen molar-refractivity contribution in [1.29, 1.82) is 0 Å². The zero-order valence-electron chi connectivity index (χ0n) is 11.4. The van der Waals surface area contributed by atoms with Crippen molar-refractivity contribution in [2.75, 3.05) is 0 Å². The van der Waals surface area contributed by atoms with Crippen LogP contribution >= 0.6 is 0 Å². The maximum Gasteiger partial charge on any atom is 0.335 e. The number of rotatable bonds is 6. The molecule has 0 amide bonds. The fraction of sp³-hybridized carbons (Fsp3) is 0.231. The van der Waals surface area contributed by atoms with Crippen LogP contribution in [0.25, 0.3) is 0 Å². The largest absolute Gasteiger partial charge is 0.478 e. The molecule has 0 saturated heterocycles. The predicted molar refractivity (Wildman–Crippen MR) is 76.1 cm³/mol.